The monoisotopic (exact) mass is 725 g/mol. The van der Waals surface area contributed by atoms with Gasteiger partial charge >= 0.3 is 6.09 Å². The molecule has 0 aliphatic carbocycles. The topological polar surface area (TPSA) is 191 Å². The minimum Gasteiger partial charge on any atom is -0.451 e. The largest absolute Gasteiger partial charge is 0.451 e. The Hall–Kier alpha value is -3.94. The van der Waals surface area contributed by atoms with Crippen LogP contribution in [0.1, 0.15) is 63.5 Å². The average Bonchev–Trinajstić information content (AvgIpc) is 3.11. The number of nitrogens with one attached hydrogen (secondary N) is 1. The highest BCUT2D eigenvalue weighted by atomic mass is 32.2. The number of unbranched alkanes of at least 4 members (excludes halogenated alkanes) is 1. The Balaban J connectivity index is 1.77. The van der Waals surface area contributed by atoms with Crippen LogP contribution in [-0.2, 0) is 46.5 Å². The lowest BCUT2D eigenvalue weighted by Gasteiger charge is -2.32. The fourth-order valence-corrected chi connectivity index (χ4v) is 8.00. The fraction of sp³-hybridized carbons (Fsp3) is 0.553. The first-order valence-corrected chi connectivity index (χ1v) is 19.7. The number of methoxy groups -OCH3 is 1. The summed E-state index contributed by atoms with van der Waals surface area (Å²) in [4.78, 5) is 68.4. The standard InChI is InChI=1S/C38H55N5O7S/c1-27(2)22-33(35(45)25-30(16-10-11-17-39)37(47)43-18-20-51(49,21-19-43)42-38(48)50-3)41-36(46)31(23-28-12-6-4-7-13-28)26-34(44)32(40)24-29-14-8-5-9-15-29/h4-9,12-15,27,30-33H,10-11,16-26,39-40H2,1-3H3,(H,41,46)/t30-,31-,32+,33+/m0/s1. The molecule has 1 fully saturated rings. The third-order valence-corrected chi connectivity index (χ3v) is 11.3. The number of ether oxygens (including phenoxy) is 1. The van der Waals surface area contributed by atoms with Crippen molar-refractivity contribution in [2.24, 2.45) is 33.6 Å². The maximum Gasteiger partial charge on any atom is 0.441 e. The zero-order valence-electron chi connectivity index (χ0n) is 30.2. The molecule has 280 valence electrons. The molecule has 2 aromatic rings. The molecule has 1 aliphatic rings. The first kappa shape index (κ1) is 41.5. The van der Waals surface area contributed by atoms with E-state index in [1.807, 2.05) is 74.5 Å². The number of carbonyl (C=O) groups excluding carboxylic acids is 5. The van der Waals surface area contributed by atoms with E-state index in [2.05, 4.69) is 14.4 Å². The van der Waals surface area contributed by atoms with E-state index in [1.54, 1.807) is 4.90 Å². The number of rotatable bonds is 19. The van der Waals surface area contributed by atoms with Gasteiger partial charge in [-0.3, -0.25) is 19.2 Å². The SMILES string of the molecule is COC(=O)N=S1(=O)CCN(C(=O)[C@@H](CCCCN)CC(=O)[C@@H](CC(C)C)NC(=O)[C@H](CC(=O)[C@H](N)Cc2ccccc2)Cc2ccccc2)CC1. The van der Waals surface area contributed by atoms with Crippen molar-refractivity contribution in [1.82, 2.24) is 10.2 Å². The Morgan fingerprint density at radius 1 is 0.863 bits per heavy atom. The second-order valence-electron chi connectivity index (χ2n) is 13.8. The summed E-state index contributed by atoms with van der Waals surface area (Å²) in [7, 11) is -1.68. The number of benzene rings is 2. The summed E-state index contributed by atoms with van der Waals surface area (Å²) in [6.07, 6.45) is 1.64. The van der Waals surface area contributed by atoms with Crippen molar-refractivity contribution in [2.45, 2.75) is 77.3 Å². The third-order valence-electron chi connectivity index (χ3n) is 9.16. The van der Waals surface area contributed by atoms with E-state index in [-0.39, 0.29) is 60.8 Å². The fourth-order valence-electron chi connectivity index (χ4n) is 6.26. The molecular formula is C38H55N5O7S. The van der Waals surface area contributed by atoms with Crippen LogP contribution in [0, 0.1) is 17.8 Å². The molecule has 1 aliphatic heterocycles. The molecule has 13 heteroatoms. The predicted molar refractivity (Wildman–Crippen MR) is 198 cm³/mol. The molecule has 0 bridgehead atoms. The van der Waals surface area contributed by atoms with E-state index in [0.717, 1.165) is 18.2 Å². The molecule has 4 atom stereocenters. The Kier molecular flexibility index (Phi) is 16.9. The molecule has 0 radical (unpaired) electrons. The van der Waals surface area contributed by atoms with Crippen LogP contribution in [0.15, 0.2) is 65.0 Å². The molecular weight excluding hydrogens is 671 g/mol. The second kappa shape index (κ2) is 20.8. The summed E-state index contributed by atoms with van der Waals surface area (Å²) in [5.41, 5.74) is 13.9. The van der Waals surface area contributed by atoms with Gasteiger partial charge in [-0.1, -0.05) is 80.9 Å². The minimum absolute atomic E-state index is 0.0276. The summed E-state index contributed by atoms with van der Waals surface area (Å²) < 4.78 is 21.2. The molecule has 2 aromatic carbocycles. The second-order valence-corrected chi connectivity index (χ2v) is 16.3. The Morgan fingerprint density at radius 3 is 1.98 bits per heavy atom. The zero-order valence-corrected chi connectivity index (χ0v) is 31.0. The highest BCUT2D eigenvalue weighted by molar-refractivity contribution is 7.94. The van der Waals surface area contributed by atoms with Gasteiger partial charge in [0, 0.05) is 37.8 Å². The molecule has 0 spiro atoms. The predicted octanol–water partition coefficient (Wildman–Crippen LogP) is 3.69. The molecule has 1 heterocycles. The third kappa shape index (κ3) is 14.0. The van der Waals surface area contributed by atoms with Crippen molar-refractivity contribution < 1.29 is 32.9 Å². The van der Waals surface area contributed by atoms with Crippen molar-refractivity contribution in [3.8, 4) is 0 Å². The van der Waals surface area contributed by atoms with Gasteiger partial charge in [0.1, 0.15) is 0 Å². The summed E-state index contributed by atoms with van der Waals surface area (Å²) in [5, 5.41) is 2.97. The normalized spacial score (nSPS) is 16.4. The van der Waals surface area contributed by atoms with Crippen LogP contribution in [0.2, 0.25) is 0 Å². The zero-order chi connectivity index (χ0) is 37.4. The first-order chi connectivity index (χ1) is 24.3. The molecule has 12 nitrogen and oxygen atoms in total. The van der Waals surface area contributed by atoms with E-state index < -0.39 is 45.6 Å². The lowest BCUT2D eigenvalue weighted by atomic mass is 9.87. The van der Waals surface area contributed by atoms with Crippen LogP contribution < -0.4 is 16.8 Å². The van der Waals surface area contributed by atoms with Gasteiger partial charge in [0.2, 0.25) is 11.8 Å². The van der Waals surface area contributed by atoms with Gasteiger partial charge in [-0.05, 0) is 55.7 Å². The van der Waals surface area contributed by atoms with Crippen molar-refractivity contribution >= 4 is 39.2 Å². The van der Waals surface area contributed by atoms with Crippen molar-refractivity contribution in [3.63, 3.8) is 0 Å². The molecule has 1 saturated heterocycles. The number of Topliss-reactive ketones (excluding diaryl/α,β-unsaturated/α-hetero) is 2. The highest BCUT2D eigenvalue weighted by Gasteiger charge is 2.34. The summed E-state index contributed by atoms with van der Waals surface area (Å²) >= 11 is 0. The number of nitrogens with zero attached hydrogens (tertiary/aromatic N) is 2. The van der Waals surface area contributed by atoms with Gasteiger partial charge in [-0.2, -0.15) is 0 Å². The molecule has 51 heavy (non-hydrogen) atoms. The van der Waals surface area contributed by atoms with Gasteiger partial charge < -0.3 is 26.4 Å². The van der Waals surface area contributed by atoms with Crippen LogP contribution in [0.3, 0.4) is 0 Å². The smallest absolute Gasteiger partial charge is 0.441 e. The van der Waals surface area contributed by atoms with E-state index in [1.165, 1.54) is 0 Å². The summed E-state index contributed by atoms with van der Waals surface area (Å²) in [5.74, 6) is -2.48. The van der Waals surface area contributed by atoms with E-state index in [4.69, 9.17) is 11.5 Å². The average molecular weight is 726 g/mol. The highest BCUT2D eigenvalue weighted by Crippen LogP contribution is 2.23. The number of carbonyl (C=O) groups is 5. The Labute approximate surface area is 302 Å². The van der Waals surface area contributed by atoms with Crippen LogP contribution in [0.5, 0.6) is 0 Å². The van der Waals surface area contributed by atoms with Gasteiger partial charge in [0.25, 0.3) is 0 Å². The van der Waals surface area contributed by atoms with Gasteiger partial charge in [0.05, 0.1) is 40.4 Å². The number of amides is 3. The number of nitrogens with two attached hydrogens (primary N) is 2. The number of hydrogen-bond donors (Lipinski definition) is 3. The molecule has 0 aromatic heterocycles. The van der Waals surface area contributed by atoms with Crippen LogP contribution in [0.25, 0.3) is 0 Å². The van der Waals surface area contributed by atoms with Gasteiger partial charge in [-0.25, -0.2) is 9.00 Å². The Morgan fingerprint density at radius 2 is 1.43 bits per heavy atom. The lowest BCUT2D eigenvalue weighted by molar-refractivity contribution is -0.139. The quantitative estimate of drug-likeness (QED) is 0.181. The summed E-state index contributed by atoms with van der Waals surface area (Å²) in [6, 6.07) is 17.2. The van der Waals surface area contributed by atoms with E-state index >= 15 is 0 Å². The van der Waals surface area contributed by atoms with Crippen LogP contribution in [-0.4, -0.2) is 88.9 Å². The molecule has 3 rings (SSSR count). The maximum absolute atomic E-state index is 14.0. The molecule has 3 amide bonds. The number of hydrogen-bond acceptors (Lipinski definition) is 9. The summed E-state index contributed by atoms with van der Waals surface area (Å²) in [6.45, 7) is 4.61. The molecule has 0 saturated carbocycles. The number of ketones is 2. The lowest BCUT2D eigenvalue weighted by Crippen LogP contribution is -2.49. The van der Waals surface area contributed by atoms with E-state index in [9.17, 15) is 28.2 Å². The van der Waals surface area contributed by atoms with Crippen molar-refractivity contribution in [3.05, 3.63) is 71.8 Å². The van der Waals surface area contributed by atoms with Crippen LogP contribution >= 0.6 is 0 Å². The van der Waals surface area contributed by atoms with E-state index in [0.29, 0.717) is 45.1 Å². The Bertz CT molecular complexity index is 1560. The molecule has 0 unspecified atom stereocenters. The van der Waals surface area contributed by atoms with Crippen molar-refractivity contribution in [1.29, 1.82) is 0 Å². The first-order valence-electron chi connectivity index (χ1n) is 17.8. The minimum atomic E-state index is -2.85. The molecule has 5 N–H and O–H groups in total. The van der Waals surface area contributed by atoms with Crippen LogP contribution in [0.4, 0.5) is 4.79 Å². The van der Waals surface area contributed by atoms with Gasteiger partial charge in [0.15, 0.2) is 11.6 Å². The maximum atomic E-state index is 14.0. The van der Waals surface area contributed by atoms with Gasteiger partial charge in [-0.15, -0.1) is 4.36 Å². The van der Waals surface area contributed by atoms with Crippen molar-refractivity contribution in [2.75, 3.05) is 38.2 Å².